The van der Waals surface area contributed by atoms with Crippen LogP contribution in [0.2, 0.25) is 0 Å². The molecule has 3 aliphatic heterocycles. The van der Waals surface area contributed by atoms with Crippen LogP contribution in [-0.4, -0.2) is 35.6 Å². The molecular formula is C12H20N2. The lowest BCUT2D eigenvalue weighted by Gasteiger charge is -2.52. The Balaban J connectivity index is 1.60. The summed E-state index contributed by atoms with van der Waals surface area (Å²) in [6.07, 6.45) is 8.78. The highest BCUT2D eigenvalue weighted by Gasteiger charge is 2.60. The maximum Gasteiger partial charge on any atom is 0.0366 e. The summed E-state index contributed by atoms with van der Waals surface area (Å²) in [5.74, 6) is 1.02. The summed E-state index contributed by atoms with van der Waals surface area (Å²) < 4.78 is 0. The van der Waals surface area contributed by atoms with Gasteiger partial charge in [0.15, 0.2) is 0 Å². The zero-order valence-corrected chi connectivity index (χ0v) is 8.84. The number of piperidine rings is 3. The molecule has 1 unspecified atom stereocenters. The highest BCUT2D eigenvalue weighted by molar-refractivity contribution is 5.19. The molecule has 14 heavy (non-hydrogen) atoms. The Morgan fingerprint density at radius 3 is 2.29 bits per heavy atom. The number of hydrogen-bond acceptors (Lipinski definition) is 2. The predicted molar refractivity (Wildman–Crippen MR) is 56.2 cm³/mol. The van der Waals surface area contributed by atoms with Crippen LogP contribution < -0.4 is 5.32 Å². The fourth-order valence-corrected chi connectivity index (χ4v) is 3.86. The van der Waals surface area contributed by atoms with E-state index in [0.29, 0.717) is 5.54 Å². The van der Waals surface area contributed by atoms with Gasteiger partial charge in [-0.25, -0.2) is 0 Å². The predicted octanol–water partition coefficient (Wildman–Crippen LogP) is 1.37. The van der Waals surface area contributed by atoms with Gasteiger partial charge in [0.1, 0.15) is 0 Å². The second-order valence-electron chi connectivity index (χ2n) is 5.85. The highest BCUT2D eigenvalue weighted by atomic mass is 15.3. The first kappa shape index (κ1) is 8.12. The van der Waals surface area contributed by atoms with Crippen LogP contribution in [0.5, 0.6) is 0 Å². The molecule has 0 amide bonds. The van der Waals surface area contributed by atoms with Gasteiger partial charge in [0.25, 0.3) is 0 Å². The van der Waals surface area contributed by atoms with E-state index < -0.39 is 0 Å². The smallest absolute Gasteiger partial charge is 0.0366 e. The molecule has 0 aromatic heterocycles. The Morgan fingerprint density at radius 1 is 1.00 bits per heavy atom. The number of nitrogens with one attached hydrogen (secondary N) is 1. The molecular weight excluding hydrogens is 172 g/mol. The quantitative estimate of drug-likeness (QED) is 0.711. The number of fused-ring (bicyclic) bond motifs is 2. The van der Waals surface area contributed by atoms with Crippen LogP contribution >= 0.6 is 0 Å². The summed E-state index contributed by atoms with van der Waals surface area (Å²) in [4.78, 5) is 2.80. The SMILES string of the molecule is C1CC1NC1C2CCN(CC2)C12CC2. The van der Waals surface area contributed by atoms with Crippen LogP contribution in [0.1, 0.15) is 38.5 Å². The molecule has 2 heteroatoms. The van der Waals surface area contributed by atoms with Crippen molar-refractivity contribution in [2.75, 3.05) is 13.1 Å². The molecule has 2 saturated carbocycles. The average Bonchev–Trinajstić information content (AvgIpc) is 3.09. The maximum absolute atomic E-state index is 3.94. The van der Waals surface area contributed by atoms with Gasteiger partial charge in [-0.2, -0.15) is 0 Å². The molecule has 5 aliphatic rings. The van der Waals surface area contributed by atoms with E-state index in [-0.39, 0.29) is 0 Å². The lowest BCUT2D eigenvalue weighted by Crippen LogP contribution is -2.64. The lowest BCUT2D eigenvalue weighted by molar-refractivity contribution is -0.00344. The van der Waals surface area contributed by atoms with Crippen LogP contribution in [0, 0.1) is 5.92 Å². The summed E-state index contributed by atoms with van der Waals surface area (Å²) >= 11 is 0. The van der Waals surface area contributed by atoms with E-state index in [4.69, 9.17) is 0 Å². The van der Waals surface area contributed by atoms with Gasteiger partial charge < -0.3 is 5.32 Å². The van der Waals surface area contributed by atoms with Crippen LogP contribution in [0.4, 0.5) is 0 Å². The van der Waals surface area contributed by atoms with Crippen molar-refractivity contribution in [1.82, 2.24) is 10.2 Å². The highest BCUT2D eigenvalue weighted by Crippen LogP contribution is 2.54. The van der Waals surface area contributed by atoms with Gasteiger partial charge in [0, 0.05) is 17.6 Å². The van der Waals surface area contributed by atoms with Gasteiger partial charge in [0.2, 0.25) is 0 Å². The van der Waals surface area contributed by atoms with E-state index in [9.17, 15) is 0 Å². The monoisotopic (exact) mass is 192 g/mol. The van der Waals surface area contributed by atoms with Crippen molar-refractivity contribution in [3.05, 3.63) is 0 Å². The van der Waals surface area contributed by atoms with Crippen LogP contribution in [0.25, 0.3) is 0 Å². The molecule has 5 rings (SSSR count). The Kier molecular flexibility index (Phi) is 1.47. The Bertz CT molecular complexity index is 247. The minimum atomic E-state index is 0.657. The van der Waals surface area contributed by atoms with E-state index in [1.165, 1.54) is 51.6 Å². The van der Waals surface area contributed by atoms with Crippen LogP contribution in [0.3, 0.4) is 0 Å². The second kappa shape index (κ2) is 2.53. The Morgan fingerprint density at radius 2 is 1.71 bits per heavy atom. The van der Waals surface area contributed by atoms with Crippen LogP contribution in [0.15, 0.2) is 0 Å². The van der Waals surface area contributed by atoms with Gasteiger partial charge in [-0.1, -0.05) is 0 Å². The van der Waals surface area contributed by atoms with Crippen molar-refractivity contribution in [3.63, 3.8) is 0 Å². The molecule has 1 atom stereocenters. The van der Waals surface area contributed by atoms with Crippen molar-refractivity contribution < 1.29 is 0 Å². The minimum Gasteiger partial charge on any atom is -0.309 e. The maximum atomic E-state index is 3.94. The minimum absolute atomic E-state index is 0.657. The number of nitrogens with zero attached hydrogens (tertiary/aromatic N) is 1. The normalized spacial score (nSPS) is 48.4. The van der Waals surface area contributed by atoms with Gasteiger partial charge in [-0.3, -0.25) is 4.90 Å². The van der Waals surface area contributed by atoms with Crippen molar-refractivity contribution >= 4 is 0 Å². The van der Waals surface area contributed by atoms with E-state index >= 15 is 0 Å². The molecule has 5 fully saturated rings. The molecule has 0 aromatic carbocycles. The summed E-state index contributed by atoms with van der Waals surface area (Å²) in [6, 6.07) is 1.77. The topological polar surface area (TPSA) is 15.3 Å². The molecule has 0 radical (unpaired) electrons. The second-order valence-corrected chi connectivity index (χ2v) is 5.85. The first-order valence-electron chi connectivity index (χ1n) is 6.40. The van der Waals surface area contributed by atoms with Crippen molar-refractivity contribution in [2.24, 2.45) is 5.92 Å². The Hall–Kier alpha value is -0.0800. The summed E-state index contributed by atoms with van der Waals surface area (Å²) in [6.45, 7) is 2.79. The van der Waals surface area contributed by atoms with Crippen molar-refractivity contribution in [2.45, 2.75) is 56.1 Å². The zero-order chi connectivity index (χ0) is 9.17. The molecule has 2 bridgehead atoms. The van der Waals surface area contributed by atoms with E-state index in [1.807, 2.05) is 0 Å². The largest absolute Gasteiger partial charge is 0.309 e. The Labute approximate surface area is 86.0 Å². The standard InChI is InChI=1S/C12H20N2/c1-2-10(1)13-11-9-3-7-14(8-4-9)12(11)5-6-12/h9-11,13H,1-8H2. The third kappa shape index (κ3) is 0.989. The summed E-state index contributed by atoms with van der Waals surface area (Å²) in [7, 11) is 0. The zero-order valence-electron chi connectivity index (χ0n) is 8.84. The van der Waals surface area contributed by atoms with Gasteiger partial charge in [-0.05, 0) is 57.5 Å². The molecule has 1 spiro atoms. The third-order valence-electron chi connectivity index (χ3n) is 4.97. The van der Waals surface area contributed by atoms with Gasteiger partial charge >= 0.3 is 0 Å². The lowest BCUT2D eigenvalue weighted by atomic mass is 9.77. The molecule has 3 saturated heterocycles. The molecule has 1 N–H and O–H groups in total. The summed E-state index contributed by atoms with van der Waals surface area (Å²) in [5, 5.41) is 3.94. The third-order valence-corrected chi connectivity index (χ3v) is 4.97. The number of rotatable bonds is 2. The molecule has 3 heterocycles. The summed E-state index contributed by atoms with van der Waals surface area (Å²) in [5.41, 5.74) is 0.657. The number of hydrogen-bond donors (Lipinski definition) is 1. The molecule has 0 aromatic rings. The molecule has 78 valence electrons. The van der Waals surface area contributed by atoms with Crippen LogP contribution in [-0.2, 0) is 0 Å². The first-order chi connectivity index (χ1) is 6.88. The first-order valence-corrected chi connectivity index (χ1v) is 6.40. The molecule has 2 nitrogen and oxygen atoms in total. The average molecular weight is 192 g/mol. The van der Waals surface area contributed by atoms with E-state index in [2.05, 4.69) is 10.2 Å². The fraction of sp³-hybridized carbons (Fsp3) is 1.00. The van der Waals surface area contributed by atoms with Gasteiger partial charge in [0.05, 0.1) is 0 Å². The van der Waals surface area contributed by atoms with Crippen molar-refractivity contribution in [1.29, 1.82) is 0 Å². The fourth-order valence-electron chi connectivity index (χ4n) is 3.86. The van der Waals surface area contributed by atoms with Crippen molar-refractivity contribution in [3.8, 4) is 0 Å². The van der Waals surface area contributed by atoms with Gasteiger partial charge in [-0.15, -0.1) is 0 Å². The van der Waals surface area contributed by atoms with E-state index in [0.717, 1.165) is 18.0 Å². The molecule has 2 aliphatic carbocycles. The van der Waals surface area contributed by atoms with E-state index in [1.54, 1.807) is 0 Å².